The van der Waals surface area contributed by atoms with Crippen LogP contribution in [0.1, 0.15) is 84.5 Å². The van der Waals surface area contributed by atoms with Gasteiger partial charge >= 0.3 is 6.09 Å². The zero-order chi connectivity index (χ0) is 21.4. The summed E-state index contributed by atoms with van der Waals surface area (Å²) in [7, 11) is 0. The van der Waals surface area contributed by atoms with Gasteiger partial charge in [-0.25, -0.2) is 4.79 Å². The summed E-state index contributed by atoms with van der Waals surface area (Å²) in [6.07, 6.45) is 13.4. The average molecular weight is 419 g/mol. The molecule has 1 heterocycles. The molecule has 5 heteroatoms. The molecule has 0 bridgehead atoms. The van der Waals surface area contributed by atoms with Crippen LogP contribution in [0.4, 0.5) is 10.5 Å². The summed E-state index contributed by atoms with van der Waals surface area (Å²) in [6, 6.07) is 7.59. The lowest BCUT2D eigenvalue weighted by Crippen LogP contribution is -2.37. The zero-order valence-electron chi connectivity index (χ0n) is 19.2. The Morgan fingerprint density at radius 1 is 1.00 bits per heavy atom. The highest BCUT2D eigenvalue weighted by molar-refractivity contribution is 5.86. The van der Waals surface area contributed by atoms with E-state index in [0.29, 0.717) is 18.0 Å². The van der Waals surface area contributed by atoms with Crippen LogP contribution in [-0.2, 0) is 4.74 Å². The first kappa shape index (κ1) is 24.5. The minimum absolute atomic E-state index is 0.131. The van der Waals surface area contributed by atoms with Gasteiger partial charge in [0.25, 0.3) is 0 Å². The Morgan fingerprint density at radius 3 is 2.40 bits per heavy atom. The number of hydrogen-bond donors (Lipinski definition) is 1. The highest BCUT2D eigenvalue weighted by atomic mass is 16.6. The van der Waals surface area contributed by atoms with Crippen LogP contribution < -0.4 is 10.1 Å². The molecule has 1 aliphatic heterocycles. The molecular weight excluding hydrogens is 376 g/mol. The lowest BCUT2D eigenvalue weighted by atomic mass is 10.1. The van der Waals surface area contributed by atoms with Gasteiger partial charge in [0, 0.05) is 6.54 Å². The van der Waals surface area contributed by atoms with Crippen molar-refractivity contribution < 1.29 is 14.3 Å². The van der Waals surface area contributed by atoms with Gasteiger partial charge in [0.1, 0.15) is 11.9 Å². The number of likely N-dealkylation sites (tertiary alicyclic amines) is 1. The van der Waals surface area contributed by atoms with Crippen molar-refractivity contribution in [1.82, 2.24) is 4.90 Å². The number of benzene rings is 1. The predicted octanol–water partition coefficient (Wildman–Crippen LogP) is 6.63. The van der Waals surface area contributed by atoms with Crippen LogP contribution in [0.3, 0.4) is 0 Å². The molecule has 1 aromatic carbocycles. The van der Waals surface area contributed by atoms with Crippen LogP contribution in [0.15, 0.2) is 24.3 Å². The molecule has 1 fully saturated rings. The number of carbonyl (C=O) groups excluding carboxylic acids is 1. The third-order valence-electron chi connectivity index (χ3n) is 5.65. The summed E-state index contributed by atoms with van der Waals surface area (Å²) in [6.45, 7) is 7.88. The Bertz CT molecular complexity index is 588. The van der Waals surface area contributed by atoms with Gasteiger partial charge in [-0.2, -0.15) is 0 Å². The van der Waals surface area contributed by atoms with Crippen LogP contribution >= 0.6 is 0 Å². The highest BCUT2D eigenvalue weighted by Gasteiger charge is 2.17. The number of nitrogens with zero attached hydrogens (tertiary/aromatic N) is 1. The quantitative estimate of drug-likeness (QED) is 0.345. The van der Waals surface area contributed by atoms with Crippen molar-refractivity contribution >= 4 is 11.8 Å². The maximum Gasteiger partial charge on any atom is 0.412 e. The molecule has 170 valence electrons. The second kappa shape index (κ2) is 15.1. The minimum Gasteiger partial charge on any atom is -0.491 e. The molecule has 1 saturated heterocycles. The molecule has 1 aromatic rings. The van der Waals surface area contributed by atoms with E-state index in [-0.39, 0.29) is 6.10 Å². The van der Waals surface area contributed by atoms with E-state index >= 15 is 0 Å². The van der Waals surface area contributed by atoms with Gasteiger partial charge < -0.3 is 9.47 Å². The number of piperidine rings is 1. The van der Waals surface area contributed by atoms with Crippen molar-refractivity contribution in [3.05, 3.63) is 24.3 Å². The third kappa shape index (κ3) is 10.3. The molecule has 2 rings (SSSR count). The molecular formula is C25H42N2O3. The van der Waals surface area contributed by atoms with E-state index in [1.807, 2.05) is 31.2 Å². The number of carbonyl (C=O) groups is 1. The Morgan fingerprint density at radius 2 is 1.67 bits per heavy atom. The van der Waals surface area contributed by atoms with E-state index < -0.39 is 6.09 Å². The Balaban J connectivity index is 1.65. The van der Waals surface area contributed by atoms with Crippen molar-refractivity contribution in [2.24, 2.45) is 0 Å². The van der Waals surface area contributed by atoms with Gasteiger partial charge in [0.2, 0.25) is 0 Å². The first-order valence-corrected chi connectivity index (χ1v) is 12.1. The molecule has 1 amide bonds. The number of hydrogen-bond acceptors (Lipinski definition) is 4. The van der Waals surface area contributed by atoms with Crippen molar-refractivity contribution in [1.29, 1.82) is 0 Å². The summed E-state index contributed by atoms with van der Waals surface area (Å²) in [4.78, 5) is 14.7. The molecule has 0 unspecified atom stereocenters. The normalized spacial score (nSPS) is 15.5. The van der Waals surface area contributed by atoms with Crippen molar-refractivity contribution in [3.63, 3.8) is 0 Å². The summed E-state index contributed by atoms with van der Waals surface area (Å²) < 4.78 is 11.5. The van der Waals surface area contributed by atoms with Crippen molar-refractivity contribution in [2.75, 3.05) is 31.6 Å². The van der Waals surface area contributed by atoms with Gasteiger partial charge in [-0.1, -0.05) is 70.4 Å². The second-order valence-corrected chi connectivity index (χ2v) is 8.52. The maximum absolute atomic E-state index is 12.3. The van der Waals surface area contributed by atoms with Gasteiger partial charge in [-0.15, -0.1) is 0 Å². The maximum atomic E-state index is 12.3. The summed E-state index contributed by atoms with van der Waals surface area (Å²) in [5, 5.41) is 2.85. The molecule has 5 nitrogen and oxygen atoms in total. The molecule has 1 N–H and O–H groups in total. The highest BCUT2D eigenvalue weighted by Crippen LogP contribution is 2.24. The molecule has 1 aliphatic rings. The number of unbranched alkanes of at least 4 members (excludes halogenated alkanes) is 7. The lowest BCUT2D eigenvalue weighted by molar-refractivity contribution is 0.0832. The van der Waals surface area contributed by atoms with Gasteiger partial charge in [0.15, 0.2) is 0 Å². The molecule has 0 aromatic heterocycles. The van der Waals surface area contributed by atoms with Gasteiger partial charge in [-0.05, 0) is 51.4 Å². The number of para-hydroxylation sites is 2. The van der Waals surface area contributed by atoms with Crippen LogP contribution in [0.2, 0.25) is 0 Å². The summed E-state index contributed by atoms with van der Waals surface area (Å²) in [5.41, 5.74) is 0.673. The lowest BCUT2D eigenvalue weighted by Gasteiger charge is -2.28. The number of anilines is 1. The first-order valence-electron chi connectivity index (χ1n) is 12.1. The SMILES string of the molecule is CCCCCCCCCCOc1ccccc1NC(=O)O[C@@H](C)CN1CCCCC1. The van der Waals surface area contributed by atoms with Crippen LogP contribution in [-0.4, -0.2) is 43.3 Å². The van der Waals surface area contributed by atoms with E-state index in [9.17, 15) is 4.79 Å². The number of nitrogens with one attached hydrogen (secondary N) is 1. The number of ether oxygens (including phenoxy) is 2. The number of amides is 1. The molecule has 0 aliphatic carbocycles. The van der Waals surface area contributed by atoms with E-state index in [1.165, 1.54) is 64.2 Å². The fraction of sp³-hybridized carbons (Fsp3) is 0.720. The molecule has 0 radical (unpaired) electrons. The van der Waals surface area contributed by atoms with E-state index in [2.05, 4.69) is 17.1 Å². The van der Waals surface area contributed by atoms with Crippen LogP contribution in [0.25, 0.3) is 0 Å². The predicted molar refractivity (Wildman–Crippen MR) is 124 cm³/mol. The first-order chi connectivity index (χ1) is 14.7. The van der Waals surface area contributed by atoms with E-state index in [4.69, 9.17) is 9.47 Å². The summed E-state index contributed by atoms with van der Waals surface area (Å²) in [5.74, 6) is 0.709. The Kier molecular flexibility index (Phi) is 12.4. The molecule has 0 saturated carbocycles. The second-order valence-electron chi connectivity index (χ2n) is 8.52. The summed E-state index contributed by atoms with van der Waals surface area (Å²) >= 11 is 0. The zero-order valence-corrected chi connectivity index (χ0v) is 19.2. The van der Waals surface area contributed by atoms with Crippen molar-refractivity contribution in [2.45, 2.75) is 90.6 Å². The average Bonchev–Trinajstić information content (AvgIpc) is 2.74. The topological polar surface area (TPSA) is 50.8 Å². The fourth-order valence-electron chi connectivity index (χ4n) is 3.98. The van der Waals surface area contributed by atoms with Gasteiger partial charge in [0.05, 0.1) is 12.3 Å². The Hall–Kier alpha value is -1.75. The monoisotopic (exact) mass is 418 g/mol. The van der Waals surface area contributed by atoms with E-state index in [1.54, 1.807) is 0 Å². The van der Waals surface area contributed by atoms with Crippen LogP contribution in [0.5, 0.6) is 5.75 Å². The molecule has 1 atom stereocenters. The largest absolute Gasteiger partial charge is 0.491 e. The molecule has 30 heavy (non-hydrogen) atoms. The van der Waals surface area contributed by atoms with Gasteiger partial charge in [-0.3, -0.25) is 10.2 Å². The fourth-order valence-corrected chi connectivity index (χ4v) is 3.98. The Labute approximate surface area is 183 Å². The number of rotatable bonds is 14. The van der Waals surface area contributed by atoms with Crippen molar-refractivity contribution in [3.8, 4) is 5.75 Å². The van der Waals surface area contributed by atoms with Crippen LogP contribution in [0, 0.1) is 0 Å². The molecule has 0 spiro atoms. The smallest absolute Gasteiger partial charge is 0.412 e. The standard InChI is InChI=1S/C25H42N2O3/c1-3-4-5-6-7-8-9-15-20-29-24-17-12-11-16-23(24)26-25(28)30-22(2)21-27-18-13-10-14-19-27/h11-12,16-17,22H,3-10,13-15,18-21H2,1-2H3,(H,26,28)/t22-/m0/s1. The third-order valence-corrected chi connectivity index (χ3v) is 5.65. The van der Waals surface area contributed by atoms with E-state index in [0.717, 1.165) is 26.1 Å². The minimum atomic E-state index is -0.414.